The van der Waals surface area contributed by atoms with Gasteiger partial charge in [-0.2, -0.15) is 0 Å². The monoisotopic (exact) mass is 367 g/mol. The number of hydrogen-bond donors (Lipinski definition) is 3. The summed E-state index contributed by atoms with van der Waals surface area (Å²) >= 11 is 0. The molecule has 0 aliphatic rings. The van der Waals surface area contributed by atoms with Gasteiger partial charge < -0.3 is 25.3 Å². The Bertz CT molecular complexity index is 564. The van der Waals surface area contributed by atoms with E-state index >= 15 is 0 Å². The summed E-state index contributed by atoms with van der Waals surface area (Å²) in [7, 11) is 0. The van der Waals surface area contributed by atoms with Gasteiger partial charge in [-0.05, 0) is 34.1 Å². The van der Waals surface area contributed by atoms with Gasteiger partial charge in [0.05, 0.1) is 0 Å². The Morgan fingerprint density at radius 3 is 2.65 bits per heavy atom. The van der Waals surface area contributed by atoms with E-state index in [4.69, 9.17) is 4.74 Å². The topological polar surface area (TPSA) is 105 Å². The number of guanidine groups is 1. The molecule has 0 unspecified atom stereocenters. The molecule has 26 heavy (non-hydrogen) atoms. The molecule has 0 aromatic carbocycles. The number of carbonyl (C=O) groups excluding carboxylic acids is 1. The maximum absolute atomic E-state index is 11.6. The standard InChI is InChI=1S/C17H33N7O2/c1-6-14-23-22-13-24(14)12-11-20-15(18-7-2)19-9-8-10-21-16(25)26-17(3,4)5/h13H,6-12H2,1-5H3,(H,21,25)(H2,18,19,20). The molecule has 1 amide bonds. The summed E-state index contributed by atoms with van der Waals surface area (Å²) in [5.74, 6) is 1.73. The van der Waals surface area contributed by atoms with Gasteiger partial charge in [0.15, 0.2) is 5.96 Å². The van der Waals surface area contributed by atoms with E-state index in [1.807, 2.05) is 32.3 Å². The van der Waals surface area contributed by atoms with Crippen molar-refractivity contribution in [2.24, 2.45) is 4.99 Å². The number of aliphatic imine (C=N–C) groups is 1. The van der Waals surface area contributed by atoms with Crippen LogP contribution in [0.1, 0.15) is 46.9 Å². The Labute approximate surface area is 156 Å². The number of nitrogens with one attached hydrogen (secondary N) is 3. The van der Waals surface area contributed by atoms with Crippen molar-refractivity contribution in [1.82, 2.24) is 30.7 Å². The molecule has 0 aliphatic heterocycles. The molecule has 0 atom stereocenters. The fourth-order valence-corrected chi connectivity index (χ4v) is 2.15. The van der Waals surface area contributed by atoms with Crippen molar-refractivity contribution >= 4 is 12.1 Å². The highest BCUT2D eigenvalue weighted by Gasteiger charge is 2.15. The van der Waals surface area contributed by atoms with E-state index in [1.54, 1.807) is 6.33 Å². The van der Waals surface area contributed by atoms with Crippen molar-refractivity contribution in [3.63, 3.8) is 0 Å². The van der Waals surface area contributed by atoms with Crippen molar-refractivity contribution in [2.45, 2.75) is 59.6 Å². The van der Waals surface area contributed by atoms with Gasteiger partial charge in [-0.1, -0.05) is 6.92 Å². The highest BCUT2D eigenvalue weighted by atomic mass is 16.6. The quantitative estimate of drug-likeness (QED) is 0.345. The fourth-order valence-electron chi connectivity index (χ4n) is 2.15. The van der Waals surface area contributed by atoms with Crippen LogP contribution in [-0.4, -0.2) is 58.6 Å². The van der Waals surface area contributed by atoms with Crippen LogP contribution in [0.25, 0.3) is 0 Å². The summed E-state index contributed by atoms with van der Waals surface area (Å²) < 4.78 is 7.22. The minimum Gasteiger partial charge on any atom is -0.444 e. The maximum atomic E-state index is 11.6. The van der Waals surface area contributed by atoms with Crippen LogP contribution in [0.15, 0.2) is 11.3 Å². The Hall–Kier alpha value is -2.32. The number of aromatic nitrogens is 3. The average molecular weight is 367 g/mol. The van der Waals surface area contributed by atoms with E-state index in [0.29, 0.717) is 13.1 Å². The number of aryl methyl sites for hydroxylation is 1. The molecule has 9 heteroatoms. The number of ether oxygens (including phenoxy) is 1. The Morgan fingerprint density at radius 2 is 2.00 bits per heavy atom. The van der Waals surface area contributed by atoms with Crippen molar-refractivity contribution in [1.29, 1.82) is 0 Å². The van der Waals surface area contributed by atoms with E-state index in [-0.39, 0.29) is 0 Å². The lowest BCUT2D eigenvalue weighted by Crippen LogP contribution is -2.39. The molecule has 0 radical (unpaired) electrons. The SMILES string of the molecule is CCNC(=NCCCNC(=O)OC(C)(C)C)NCCn1cnnc1CC. The van der Waals surface area contributed by atoms with Gasteiger partial charge in [0, 0.05) is 39.1 Å². The number of carbonyl (C=O) groups is 1. The molecule has 1 aromatic heterocycles. The van der Waals surface area contributed by atoms with Gasteiger partial charge >= 0.3 is 6.09 Å². The first-order chi connectivity index (χ1) is 12.4. The number of amides is 1. The molecule has 1 rings (SSSR count). The predicted molar refractivity (Wildman–Crippen MR) is 102 cm³/mol. The fraction of sp³-hybridized carbons (Fsp3) is 0.765. The highest BCUT2D eigenvalue weighted by molar-refractivity contribution is 5.79. The summed E-state index contributed by atoms with van der Waals surface area (Å²) in [5, 5.41) is 17.2. The van der Waals surface area contributed by atoms with E-state index in [2.05, 4.69) is 38.1 Å². The Kier molecular flexibility index (Phi) is 9.46. The second-order valence-corrected chi connectivity index (χ2v) is 6.76. The molecule has 0 aliphatic carbocycles. The lowest BCUT2D eigenvalue weighted by Gasteiger charge is -2.19. The minimum absolute atomic E-state index is 0.396. The van der Waals surface area contributed by atoms with Crippen LogP contribution in [0.4, 0.5) is 4.79 Å². The zero-order valence-electron chi connectivity index (χ0n) is 16.6. The van der Waals surface area contributed by atoms with Gasteiger partial charge in [0.25, 0.3) is 0 Å². The molecule has 0 spiro atoms. The molecule has 0 saturated heterocycles. The molecule has 9 nitrogen and oxygen atoms in total. The molecular formula is C17H33N7O2. The Morgan fingerprint density at radius 1 is 1.23 bits per heavy atom. The van der Waals surface area contributed by atoms with Crippen LogP contribution in [0.3, 0.4) is 0 Å². The molecular weight excluding hydrogens is 334 g/mol. The maximum Gasteiger partial charge on any atom is 0.407 e. The summed E-state index contributed by atoms with van der Waals surface area (Å²) in [6, 6.07) is 0. The van der Waals surface area contributed by atoms with Gasteiger partial charge in [0.1, 0.15) is 17.8 Å². The second kappa shape index (κ2) is 11.3. The molecule has 0 bridgehead atoms. The Balaban J connectivity index is 2.29. The first kappa shape index (κ1) is 21.7. The number of rotatable bonds is 9. The summed E-state index contributed by atoms with van der Waals surface area (Å²) in [6.45, 7) is 13.0. The third-order valence-electron chi connectivity index (χ3n) is 3.27. The molecule has 0 saturated carbocycles. The van der Waals surface area contributed by atoms with E-state index in [1.165, 1.54) is 0 Å². The van der Waals surface area contributed by atoms with Crippen LogP contribution in [0.2, 0.25) is 0 Å². The van der Waals surface area contributed by atoms with E-state index in [0.717, 1.165) is 44.3 Å². The zero-order valence-corrected chi connectivity index (χ0v) is 16.6. The van der Waals surface area contributed by atoms with Crippen molar-refractivity contribution in [3.8, 4) is 0 Å². The number of alkyl carbamates (subject to hydrolysis) is 1. The smallest absolute Gasteiger partial charge is 0.407 e. The van der Waals surface area contributed by atoms with E-state index in [9.17, 15) is 4.79 Å². The largest absolute Gasteiger partial charge is 0.444 e. The van der Waals surface area contributed by atoms with Crippen molar-refractivity contribution in [3.05, 3.63) is 12.2 Å². The van der Waals surface area contributed by atoms with Gasteiger partial charge in [-0.3, -0.25) is 4.99 Å². The van der Waals surface area contributed by atoms with Crippen LogP contribution in [0, 0.1) is 0 Å². The van der Waals surface area contributed by atoms with Crippen molar-refractivity contribution in [2.75, 3.05) is 26.2 Å². The van der Waals surface area contributed by atoms with Crippen LogP contribution < -0.4 is 16.0 Å². The number of nitrogens with zero attached hydrogens (tertiary/aromatic N) is 4. The highest BCUT2D eigenvalue weighted by Crippen LogP contribution is 2.06. The summed E-state index contributed by atoms with van der Waals surface area (Å²) in [5.41, 5.74) is -0.479. The second-order valence-electron chi connectivity index (χ2n) is 6.76. The normalized spacial score (nSPS) is 12.0. The molecule has 3 N–H and O–H groups in total. The first-order valence-corrected chi connectivity index (χ1v) is 9.21. The van der Waals surface area contributed by atoms with Gasteiger partial charge in [-0.15, -0.1) is 10.2 Å². The van der Waals surface area contributed by atoms with Gasteiger partial charge in [0.2, 0.25) is 0 Å². The third kappa shape index (κ3) is 9.24. The average Bonchev–Trinajstić information content (AvgIpc) is 3.00. The predicted octanol–water partition coefficient (Wildman–Crippen LogP) is 1.31. The van der Waals surface area contributed by atoms with Gasteiger partial charge in [-0.25, -0.2) is 4.79 Å². The van der Waals surface area contributed by atoms with Crippen LogP contribution in [-0.2, 0) is 17.7 Å². The zero-order chi connectivity index (χ0) is 19.4. The number of hydrogen-bond acceptors (Lipinski definition) is 5. The van der Waals surface area contributed by atoms with Crippen LogP contribution in [0.5, 0.6) is 0 Å². The van der Waals surface area contributed by atoms with Crippen molar-refractivity contribution < 1.29 is 9.53 Å². The lowest BCUT2D eigenvalue weighted by molar-refractivity contribution is 0.0527. The van der Waals surface area contributed by atoms with E-state index < -0.39 is 11.7 Å². The molecule has 1 aromatic rings. The molecule has 0 fully saturated rings. The molecule has 1 heterocycles. The summed E-state index contributed by atoms with van der Waals surface area (Å²) in [6.07, 6.45) is 2.94. The van der Waals surface area contributed by atoms with Crippen LogP contribution >= 0.6 is 0 Å². The minimum atomic E-state index is -0.479. The third-order valence-corrected chi connectivity index (χ3v) is 3.27. The lowest BCUT2D eigenvalue weighted by atomic mass is 10.2. The summed E-state index contributed by atoms with van der Waals surface area (Å²) in [4.78, 5) is 16.1. The first-order valence-electron chi connectivity index (χ1n) is 9.21. The molecule has 148 valence electrons.